The molecule has 54 heavy (non-hydrogen) atoms. The summed E-state index contributed by atoms with van der Waals surface area (Å²) in [4.78, 5) is 34.9. The number of carbonyl (C=O) groups is 2. The molecule has 1 unspecified atom stereocenters. The molecule has 0 radical (unpaired) electrons. The largest absolute Gasteiger partial charge is 0.472 e. The van der Waals surface area contributed by atoms with Gasteiger partial charge >= 0.3 is 19.8 Å². The van der Waals surface area contributed by atoms with E-state index < -0.39 is 26.5 Å². The lowest BCUT2D eigenvalue weighted by Gasteiger charge is -2.19. The number of allylic oxidation sites excluding steroid dienone is 2. The van der Waals surface area contributed by atoms with E-state index >= 15 is 0 Å². The number of nitrogens with two attached hydrogens (primary N) is 1. The molecular formula is C44H86NO8P. The van der Waals surface area contributed by atoms with Gasteiger partial charge in [-0.1, -0.05) is 193 Å². The second-order valence-electron chi connectivity index (χ2n) is 15.3. The van der Waals surface area contributed by atoms with Crippen LogP contribution in [0, 0.1) is 0 Å². The standard InChI is InChI=1S/C44H86NO8P/c1-3-5-7-9-11-13-15-17-19-20-21-23-24-26-28-30-32-34-36-43(46)50-40-42(41-52-54(48,49)51-39-38-45)53-44(47)37-35-33-31-29-27-25-22-18-16-14-12-10-8-6-4-2/h10,12,42H,3-9,11,13-41,45H2,1-2H3,(H,48,49)/b12-10+/t42-/m1/s1. The highest BCUT2D eigenvalue weighted by Gasteiger charge is 2.26. The second-order valence-corrected chi connectivity index (χ2v) is 16.7. The van der Waals surface area contributed by atoms with Crippen LogP contribution in [0.3, 0.4) is 0 Å². The van der Waals surface area contributed by atoms with E-state index in [1.807, 2.05) is 0 Å². The van der Waals surface area contributed by atoms with E-state index in [-0.39, 0.29) is 38.6 Å². The predicted octanol–water partition coefficient (Wildman–Crippen LogP) is 13.0. The number of carbonyl (C=O) groups excluding carboxylic acids is 2. The van der Waals surface area contributed by atoms with E-state index in [0.29, 0.717) is 6.42 Å². The molecular weight excluding hydrogens is 701 g/mol. The molecule has 0 heterocycles. The average molecular weight is 788 g/mol. The molecule has 0 aromatic carbocycles. The van der Waals surface area contributed by atoms with E-state index in [1.165, 1.54) is 154 Å². The lowest BCUT2D eigenvalue weighted by Crippen LogP contribution is -2.29. The minimum atomic E-state index is -4.37. The van der Waals surface area contributed by atoms with Crippen molar-refractivity contribution in [3.8, 4) is 0 Å². The summed E-state index contributed by atoms with van der Waals surface area (Å²) in [6.45, 7) is 3.74. The third-order valence-corrected chi connectivity index (χ3v) is 10.9. The Labute approximate surface area is 332 Å². The highest BCUT2D eigenvalue weighted by atomic mass is 31.2. The first-order chi connectivity index (χ1) is 26.3. The molecule has 3 N–H and O–H groups in total. The monoisotopic (exact) mass is 788 g/mol. The minimum absolute atomic E-state index is 0.0560. The first-order valence-electron chi connectivity index (χ1n) is 22.7. The predicted molar refractivity (Wildman–Crippen MR) is 224 cm³/mol. The molecule has 320 valence electrons. The van der Waals surface area contributed by atoms with Crippen molar-refractivity contribution in [3.63, 3.8) is 0 Å². The number of esters is 2. The number of hydrogen-bond donors (Lipinski definition) is 2. The molecule has 0 fully saturated rings. The number of phosphoric ester groups is 1. The van der Waals surface area contributed by atoms with E-state index in [2.05, 4.69) is 26.0 Å². The van der Waals surface area contributed by atoms with Gasteiger partial charge < -0.3 is 20.1 Å². The van der Waals surface area contributed by atoms with Crippen LogP contribution >= 0.6 is 7.82 Å². The third kappa shape index (κ3) is 40.4. The number of phosphoric acid groups is 1. The van der Waals surface area contributed by atoms with Gasteiger partial charge in [0.25, 0.3) is 0 Å². The molecule has 0 spiro atoms. The molecule has 0 aliphatic carbocycles. The van der Waals surface area contributed by atoms with Crippen molar-refractivity contribution in [2.75, 3.05) is 26.4 Å². The Morgan fingerprint density at radius 1 is 0.537 bits per heavy atom. The molecule has 0 aromatic heterocycles. The first-order valence-corrected chi connectivity index (χ1v) is 24.2. The van der Waals surface area contributed by atoms with E-state index in [9.17, 15) is 19.0 Å². The Morgan fingerprint density at radius 2 is 0.926 bits per heavy atom. The zero-order chi connectivity index (χ0) is 39.6. The Hall–Kier alpha value is -1.25. The fourth-order valence-electron chi connectivity index (χ4n) is 6.50. The molecule has 2 atom stereocenters. The SMILES string of the molecule is CCCC/C=C/CCCCCCCCCCCC(=O)O[C@H](COC(=O)CCCCCCCCCCCCCCCCCCCC)COP(=O)(O)OCCN. The second kappa shape index (κ2) is 41.4. The fraction of sp³-hybridized carbons (Fsp3) is 0.909. The van der Waals surface area contributed by atoms with Crippen molar-refractivity contribution in [1.82, 2.24) is 0 Å². The summed E-state index contributed by atoms with van der Waals surface area (Å²) in [5.74, 6) is -0.819. The molecule has 0 aromatic rings. The molecule has 10 heteroatoms. The molecule has 0 saturated carbocycles. The van der Waals surface area contributed by atoms with Crippen LogP contribution in [0.4, 0.5) is 0 Å². The maximum atomic E-state index is 12.6. The van der Waals surface area contributed by atoms with Gasteiger partial charge in [0.05, 0.1) is 13.2 Å². The van der Waals surface area contributed by atoms with E-state index in [1.54, 1.807) is 0 Å². The Morgan fingerprint density at radius 3 is 1.37 bits per heavy atom. The highest BCUT2D eigenvalue weighted by molar-refractivity contribution is 7.47. The van der Waals surface area contributed by atoms with Gasteiger partial charge in [-0.3, -0.25) is 18.6 Å². The summed E-state index contributed by atoms with van der Waals surface area (Å²) in [6, 6.07) is 0. The highest BCUT2D eigenvalue weighted by Crippen LogP contribution is 2.43. The first kappa shape index (κ1) is 52.8. The van der Waals surface area contributed by atoms with Crippen LogP contribution < -0.4 is 5.73 Å². The number of rotatable bonds is 43. The molecule has 0 aliphatic heterocycles. The minimum Gasteiger partial charge on any atom is -0.462 e. The fourth-order valence-corrected chi connectivity index (χ4v) is 7.26. The van der Waals surface area contributed by atoms with Crippen LogP contribution in [0.2, 0.25) is 0 Å². The lowest BCUT2D eigenvalue weighted by molar-refractivity contribution is -0.161. The summed E-state index contributed by atoms with van der Waals surface area (Å²) in [6.07, 6.45) is 42.4. The summed E-state index contributed by atoms with van der Waals surface area (Å²) in [5.41, 5.74) is 5.35. The van der Waals surface area contributed by atoms with Crippen molar-refractivity contribution in [3.05, 3.63) is 12.2 Å². The molecule has 0 aliphatic rings. The third-order valence-electron chi connectivity index (χ3n) is 9.90. The van der Waals surface area contributed by atoms with Crippen LogP contribution in [0.5, 0.6) is 0 Å². The van der Waals surface area contributed by atoms with Crippen LogP contribution in [0.25, 0.3) is 0 Å². The van der Waals surface area contributed by atoms with Gasteiger partial charge in [-0.15, -0.1) is 0 Å². The molecule has 9 nitrogen and oxygen atoms in total. The zero-order valence-corrected chi connectivity index (χ0v) is 36.1. The average Bonchev–Trinajstić information content (AvgIpc) is 3.16. The van der Waals surface area contributed by atoms with Crippen LogP contribution in [-0.4, -0.2) is 49.3 Å². The molecule has 0 saturated heterocycles. The molecule has 0 amide bonds. The molecule has 0 bridgehead atoms. The van der Waals surface area contributed by atoms with Gasteiger partial charge in [0.2, 0.25) is 0 Å². The van der Waals surface area contributed by atoms with Gasteiger partial charge in [-0.05, 0) is 32.1 Å². The maximum Gasteiger partial charge on any atom is 0.472 e. The summed E-state index contributed by atoms with van der Waals surface area (Å²) in [7, 11) is -4.37. The maximum absolute atomic E-state index is 12.6. The Bertz CT molecular complexity index is 902. The lowest BCUT2D eigenvalue weighted by atomic mass is 10.0. The number of unbranched alkanes of at least 4 members (excludes halogenated alkanes) is 28. The summed E-state index contributed by atoms with van der Waals surface area (Å²) in [5, 5.41) is 0. The smallest absolute Gasteiger partial charge is 0.462 e. The number of hydrogen-bond acceptors (Lipinski definition) is 8. The summed E-state index contributed by atoms with van der Waals surface area (Å²) >= 11 is 0. The zero-order valence-electron chi connectivity index (χ0n) is 35.2. The van der Waals surface area contributed by atoms with Crippen molar-refractivity contribution in [1.29, 1.82) is 0 Å². The quantitative estimate of drug-likeness (QED) is 0.0268. The molecule has 0 rings (SSSR count). The van der Waals surface area contributed by atoms with Crippen molar-refractivity contribution in [2.45, 2.75) is 232 Å². The van der Waals surface area contributed by atoms with Gasteiger partial charge in [-0.25, -0.2) is 4.57 Å². The van der Waals surface area contributed by atoms with Gasteiger partial charge in [0.15, 0.2) is 6.10 Å². The van der Waals surface area contributed by atoms with E-state index in [4.69, 9.17) is 24.3 Å². The van der Waals surface area contributed by atoms with Crippen LogP contribution in [0.1, 0.15) is 226 Å². The van der Waals surface area contributed by atoms with Gasteiger partial charge in [0, 0.05) is 19.4 Å². The van der Waals surface area contributed by atoms with E-state index in [0.717, 1.165) is 38.5 Å². The Balaban J connectivity index is 4.07. The normalized spacial score (nSPS) is 13.3. The summed E-state index contributed by atoms with van der Waals surface area (Å²) < 4.78 is 32.8. The van der Waals surface area contributed by atoms with Gasteiger partial charge in [-0.2, -0.15) is 0 Å². The van der Waals surface area contributed by atoms with Crippen LogP contribution in [-0.2, 0) is 32.7 Å². The van der Waals surface area contributed by atoms with Crippen molar-refractivity contribution < 1.29 is 37.6 Å². The number of ether oxygens (including phenoxy) is 2. The Kier molecular flexibility index (Phi) is 40.4. The van der Waals surface area contributed by atoms with Crippen molar-refractivity contribution >= 4 is 19.8 Å². The topological polar surface area (TPSA) is 134 Å². The van der Waals surface area contributed by atoms with Crippen LogP contribution in [0.15, 0.2) is 12.2 Å². The van der Waals surface area contributed by atoms with Gasteiger partial charge in [0.1, 0.15) is 6.61 Å². The van der Waals surface area contributed by atoms with Crippen molar-refractivity contribution in [2.24, 2.45) is 5.73 Å².